The first kappa shape index (κ1) is 16.7. The van der Waals surface area contributed by atoms with Crippen LogP contribution in [0.3, 0.4) is 0 Å². The molecule has 1 aliphatic rings. The predicted octanol–water partition coefficient (Wildman–Crippen LogP) is 3.08. The summed E-state index contributed by atoms with van der Waals surface area (Å²) in [4.78, 5) is 16.3. The zero-order valence-electron chi connectivity index (χ0n) is 13.8. The van der Waals surface area contributed by atoms with Crippen molar-refractivity contribution < 1.29 is 14.3 Å². The Balaban J connectivity index is 1.43. The van der Waals surface area contributed by atoms with Crippen LogP contribution in [-0.4, -0.2) is 28.1 Å². The van der Waals surface area contributed by atoms with Gasteiger partial charge in [0.1, 0.15) is 0 Å². The van der Waals surface area contributed by atoms with Crippen molar-refractivity contribution in [1.29, 1.82) is 0 Å². The molecule has 2 unspecified atom stereocenters. The number of oxazole rings is 1. The van der Waals surface area contributed by atoms with Gasteiger partial charge >= 0.3 is 0 Å². The summed E-state index contributed by atoms with van der Waals surface area (Å²) in [6.07, 6.45) is 6.83. The number of aliphatic hydroxyl groups is 1. The molecule has 1 aromatic heterocycles. The van der Waals surface area contributed by atoms with Crippen molar-refractivity contribution in [2.75, 3.05) is 0 Å². The van der Waals surface area contributed by atoms with Gasteiger partial charge in [-0.05, 0) is 19.3 Å². The van der Waals surface area contributed by atoms with Crippen molar-refractivity contribution >= 4 is 5.91 Å². The molecule has 0 saturated heterocycles. The highest BCUT2D eigenvalue weighted by atomic mass is 16.4. The summed E-state index contributed by atoms with van der Waals surface area (Å²) in [7, 11) is 0. The molecular formula is C19H24N2O3. The molecule has 2 N–H and O–H groups in total. The standard InChI is InChI=1S/C19H24N2O3/c22-16-10-5-4-9-15(16)21-18(23)11-6-12-19-20-13-17(24-19)14-7-2-1-3-8-14/h1-3,7-8,13,15-16,22H,4-6,9-12H2,(H,21,23). The summed E-state index contributed by atoms with van der Waals surface area (Å²) in [6, 6.07) is 9.75. The van der Waals surface area contributed by atoms with Crippen molar-refractivity contribution in [2.45, 2.75) is 57.1 Å². The van der Waals surface area contributed by atoms with Gasteiger partial charge in [-0.15, -0.1) is 0 Å². The topological polar surface area (TPSA) is 75.4 Å². The van der Waals surface area contributed by atoms with E-state index in [1.807, 2.05) is 30.3 Å². The average Bonchev–Trinajstić information content (AvgIpc) is 3.07. The minimum atomic E-state index is -0.400. The average molecular weight is 328 g/mol. The third-order valence-electron chi connectivity index (χ3n) is 4.48. The first-order valence-corrected chi connectivity index (χ1v) is 8.70. The highest BCUT2D eigenvalue weighted by Gasteiger charge is 2.24. The fourth-order valence-electron chi connectivity index (χ4n) is 3.12. The Bertz CT molecular complexity index is 654. The molecule has 0 radical (unpaired) electrons. The van der Waals surface area contributed by atoms with Crippen molar-refractivity contribution in [1.82, 2.24) is 10.3 Å². The number of nitrogens with one attached hydrogen (secondary N) is 1. The first-order chi connectivity index (χ1) is 11.7. The number of aliphatic hydroxyl groups excluding tert-OH is 1. The van der Waals surface area contributed by atoms with Crippen LogP contribution in [0.2, 0.25) is 0 Å². The molecule has 1 saturated carbocycles. The van der Waals surface area contributed by atoms with E-state index in [9.17, 15) is 9.90 Å². The van der Waals surface area contributed by atoms with Crippen LogP contribution in [0, 0.1) is 0 Å². The van der Waals surface area contributed by atoms with Gasteiger partial charge in [0.05, 0.1) is 18.3 Å². The maximum atomic E-state index is 12.0. The largest absolute Gasteiger partial charge is 0.441 e. The summed E-state index contributed by atoms with van der Waals surface area (Å²) in [5, 5.41) is 12.8. The van der Waals surface area contributed by atoms with Crippen LogP contribution >= 0.6 is 0 Å². The number of carbonyl (C=O) groups excluding carboxylic acids is 1. The Morgan fingerprint density at radius 3 is 2.83 bits per heavy atom. The third kappa shape index (κ3) is 4.45. The van der Waals surface area contributed by atoms with E-state index >= 15 is 0 Å². The second kappa shape index (κ2) is 8.11. The Hall–Kier alpha value is -2.14. The molecule has 5 heteroatoms. The summed E-state index contributed by atoms with van der Waals surface area (Å²) >= 11 is 0. The predicted molar refractivity (Wildman–Crippen MR) is 91.3 cm³/mol. The lowest BCUT2D eigenvalue weighted by Gasteiger charge is -2.28. The molecule has 1 fully saturated rings. The van der Waals surface area contributed by atoms with Crippen LogP contribution in [0.15, 0.2) is 40.9 Å². The Kier molecular flexibility index (Phi) is 5.64. The molecule has 5 nitrogen and oxygen atoms in total. The molecule has 0 bridgehead atoms. The summed E-state index contributed by atoms with van der Waals surface area (Å²) in [5.74, 6) is 1.40. The molecule has 0 spiro atoms. The lowest BCUT2D eigenvalue weighted by molar-refractivity contribution is -0.123. The molecule has 1 heterocycles. The molecule has 128 valence electrons. The number of nitrogens with zero attached hydrogens (tertiary/aromatic N) is 1. The SMILES string of the molecule is O=C(CCCc1ncc(-c2ccccc2)o1)NC1CCCCC1O. The zero-order valence-corrected chi connectivity index (χ0v) is 13.8. The normalized spacial score (nSPS) is 20.7. The van der Waals surface area contributed by atoms with Gasteiger partial charge in [-0.25, -0.2) is 4.98 Å². The lowest BCUT2D eigenvalue weighted by atomic mass is 9.92. The van der Waals surface area contributed by atoms with E-state index in [-0.39, 0.29) is 11.9 Å². The minimum Gasteiger partial charge on any atom is -0.441 e. The molecule has 3 rings (SSSR count). The quantitative estimate of drug-likeness (QED) is 0.854. The van der Waals surface area contributed by atoms with Crippen LogP contribution in [0.25, 0.3) is 11.3 Å². The Morgan fingerprint density at radius 1 is 1.25 bits per heavy atom. The third-order valence-corrected chi connectivity index (χ3v) is 4.48. The fraction of sp³-hybridized carbons (Fsp3) is 0.474. The van der Waals surface area contributed by atoms with Crippen molar-refractivity contribution in [3.63, 3.8) is 0 Å². The fourth-order valence-corrected chi connectivity index (χ4v) is 3.12. The van der Waals surface area contributed by atoms with Crippen LogP contribution in [0.5, 0.6) is 0 Å². The van der Waals surface area contributed by atoms with Gasteiger partial charge in [0.25, 0.3) is 0 Å². The van der Waals surface area contributed by atoms with E-state index in [1.54, 1.807) is 6.20 Å². The number of amides is 1. The molecule has 24 heavy (non-hydrogen) atoms. The van der Waals surface area contributed by atoms with E-state index < -0.39 is 6.10 Å². The highest BCUT2D eigenvalue weighted by molar-refractivity contribution is 5.76. The minimum absolute atomic E-state index is 0.00390. The molecular weight excluding hydrogens is 304 g/mol. The van der Waals surface area contributed by atoms with E-state index in [2.05, 4.69) is 10.3 Å². The maximum Gasteiger partial charge on any atom is 0.220 e. The number of carbonyl (C=O) groups is 1. The second-order valence-corrected chi connectivity index (χ2v) is 6.36. The van der Waals surface area contributed by atoms with Gasteiger partial charge in [0.2, 0.25) is 5.91 Å². The number of hydrogen-bond donors (Lipinski definition) is 2. The van der Waals surface area contributed by atoms with Crippen LogP contribution < -0.4 is 5.32 Å². The Morgan fingerprint density at radius 2 is 2.04 bits per heavy atom. The lowest BCUT2D eigenvalue weighted by Crippen LogP contribution is -2.45. The van der Waals surface area contributed by atoms with Crippen molar-refractivity contribution in [2.24, 2.45) is 0 Å². The van der Waals surface area contributed by atoms with Crippen LogP contribution in [0.4, 0.5) is 0 Å². The number of aromatic nitrogens is 1. The van der Waals surface area contributed by atoms with E-state index in [0.29, 0.717) is 25.2 Å². The van der Waals surface area contributed by atoms with Crippen molar-refractivity contribution in [3.8, 4) is 11.3 Å². The summed E-state index contributed by atoms with van der Waals surface area (Å²) in [6.45, 7) is 0. The molecule has 1 aliphatic carbocycles. The van der Waals surface area contributed by atoms with Gasteiger partial charge in [0.15, 0.2) is 11.7 Å². The molecule has 0 aliphatic heterocycles. The molecule has 1 aromatic carbocycles. The first-order valence-electron chi connectivity index (χ1n) is 8.70. The zero-order chi connectivity index (χ0) is 16.8. The van der Waals surface area contributed by atoms with E-state index in [1.165, 1.54) is 0 Å². The number of rotatable bonds is 6. The monoisotopic (exact) mass is 328 g/mol. The molecule has 2 atom stereocenters. The summed E-state index contributed by atoms with van der Waals surface area (Å²) < 4.78 is 5.74. The van der Waals surface area contributed by atoms with Gasteiger partial charge < -0.3 is 14.8 Å². The van der Waals surface area contributed by atoms with Crippen LogP contribution in [-0.2, 0) is 11.2 Å². The van der Waals surface area contributed by atoms with Gasteiger partial charge in [-0.3, -0.25) is 4.79 Å². The number of benzene rings is 1. The summed E-state index contributed by atoms with van der Waals surface area (Å²) in [5.41, 5.74) is 1.00. The second-order valence-electron chi connectivity index (χ2n) is 6.36. The smallest absolute Gasteiger partial charge is 0.220 e. The van der Waals surface area contributed by atoms with E-state index in [4.69, 9.17) is 4.42 Å². The van der Waals surface area contributed by atoms with Gasteiger partial charge in [-0.1, -0.05) is 43.2 Å². The van der Waals surface area contributed by atoms with Crippen molar-refractivity contribution in [3.05, 3.63) is 42.4 Å². The maximum absolute atomic E-state index is 12.0. The number of hydrogen-bond acceptors (Lipinski definition) is 4. The molecule has 2 aromatic rings. The van der Waals surface area contributed by atoms with Gasteiger partial charge in [-0.2, -0.15) is 0 Å². The highest BCUT2D eigenvalue weighted by Crippen LogP contribution is 2.21. The number of aryl methyl sites for hydroxylation is 1. The van der Waals surface area contributed by atoms with Gasteiger partial charge in [0, 0.05) is 18.4 Å². The Labute approximate surface area is 142 Å². The van der Waals surface area contributed by atoms with Crippen LogP contribution in [0.1, 0.15) is 44.4 Å². The molecule has 1 amide bonds. The van der Waals surface area contributed by atoms with E-state index in [0.717, 1.165) is 37.0 Å².